The van der Waals surface area contributed by atoms with Crippen molar-refractivity contribution < 1.29 is 0 Å². The van der Waals surface area contributed by atoms with Crippen molar-refractivity contribution in [1.82, 2.24) is 0 Å². The monoisotopic (exact) mass is 164 g/mol. The van der Waals surface area contributed by atoms with Gasteiger partial charge in [0.05, 0.1) is 0 Å². The first-order valence-corrected chi connectivity index (χ1v) is 5.70. The second-order valence-corrected chi connectivity index (χ2v) is 5.99. The molecule has 3 saturated carbocycles. The molecule has 0 aliphatic heterocycles. The number of rotatable bonds is 4. The quantitative estimate of drug-likeness (QED) is 0.597. The number of hydrogen-bond donors (Lipinski definition) is 0. The lowest BCUT2D eigenvalue weighted by Gasteiger charge is -2.12. The van der Waals surface area contributed by atoms with E-state index in [2.05, 4.69) is 13.8 Å². The van der Waals surface area contributed by atoms with Crippen LogP contribution in [0.5, 0.6) is 0 Å². The maximum absolute atomic E-state index is 2.48. The molecule has 0 heteroatoms. The van der Waals surface area contributed by atoms with E-state index in [0.29, 0.717) is 0 Å². The van der Waals surface area contributed by atoms with Crippen molar-refractivity contribution in [3.05, 3.63) is 0 Å². The van der Waals surface area contributed by atoms with Crippen LogP contribution in [0, 0.1) is 29.1 Å². The van der Waals surface area contributed by atoms with Gasteiger partial charge in [-0.3, -0.25) is 0 Å². The zero-order valence-corrected chi connectivity index (χ0v) is 8.34. The van der Waals surface area contributed by atoms with E-state index in [9.17, 15) is 0 Å². The van der Waals surface area contributed by atoms with Gasteiger partial charge in [-0.25, -0.2) is 0 Å². The van der Waals surface area contributed by atoms with Crippen LogP contribution in [0.15, 0.2) is 0 Å². The molecule has 0 N–H and O–H groups in total. The molecule has 0 radical (unpaired) electrons. The maximum atomic E-state index is 2.48. The normalized spacial score (nSPS) is 56.0. The van der Waals surface area contributed by atoms with Crippen molar-refractivity contribution in [2.45, 2.75) is 46.0 Å². The lowest BCUT2D eigenvalue weighted by atomic mass is 9.94. The topological polar surface area (TPSA) is 0 Å². The highest BCUT2D eigenvalue weighted by molar-refractivity contribution is 5.18. The Kier molecular flexibility index (Phi) is 1.28. The summed E-state index contributed by atoms with van der Waals surface area (Å²) in [5, 5.41) is 0. The first-order chi connectivity index (χ1) is 5.70. The Morgan fingerprint density at radius 1 is 1.42 bits per heavy atom. The fourth-order valence-electron chi connectivity index (χ4n) is 3.16. The molecule has 3 atom stereocenters. The van der Waals surface area contributed by atoms with Gasteiger partial charge in [0.1, 0.15) is 0 Å². The van der Waals surface area contributed by atoms with Crippen molar-refractivity contribution in [1.29, 1.82) is 0 Å². The Balaban J connectivity index is 1.44. The molecule has 0 saturated heterocycles. The number of fused-ring (bicyclic) bond motifs is 1. The Hall–Kier alpha value is 0. The number of hydrogen-bond acceptors (Lipinski definition) is 0. The maximum Gasteiger partial charge on any atom is -0.0261 e. The van der Waals surface area contributed by atoms with E-state index in [4.69, 9.17) is 0 Å². The molecule has 0 aromatic heterocycles. The van der Waals surface area contributed by atoms with Crippen LogP contribution in [0.3, 0.4) is 0 Å². The molecule has 3 aliphatic carbocycles. The third-order valence-corrected chi connectivity index (χ3v) is 4.59. The summed E-state index contributed by atoms with van der Waals surface area (Å²) < 4.78 is 0. The smallest absolute Gasteiger partial charge is 0.0261 e. The van der Waals surface area contributed by atoms with Crippen molar-refractivity contribution in [3.8, 4) is 0 Å². The van der Waals surface area contributed by atoms with Crippen molar-refractivity contribution in [2.24, 2.45) is 29.1 Å². The molecule has 0 amide bonds. The highest BCUT2D eigenvalue weighted by atomic mass is 14.7. The van der Waals surface area contributed by atoms with Crippen LogP contribution in [0.4, 0.5) is 0 Å². The molecule has 0 aromatic rings. The first-order valence-electron chi connectivity index (χ1n) is 5.70. The predicted molar refractivity (Wildman–Crippen MR) is 50.8 cm³/mol. The zero-order chi connectivity index (χ0) is 8.34. The van der Waals surface area contributed by atoms with Gasteiger partial charge >= 0.3 is 0 Å². The largest absolute Gasteiger partial charge is 0.0625 e. The summed E-state index contributed by atoms with van der Waals surface area (Å²) in [6.07, 6.45) is 7.83. The van der Waals surface area contributed by atoms with E-state index in [-0.39, 0.29) is 0 Å². The SMILES string of the molecule is CC(CC1CC1C)CC12CC1C2. The minimum atomic E-state index is 0.942. The van der Waals surface area contributed by atoms with Gasteiger partial charge in [0.2, 0.25) is 0 Å². The van der Waals surface area contributed by atoms with Crippen LogP contribution in [0.25, 0.3) is 0 Å². The average molecular weight is 164 g/mol. The van der Waals surface area contributed by atoms with E-state index in [0.717, 1.165) is 23.2 Å². The Morgan fingerprint density at radius 2 is 2.00 bits per heavy atom. The molecule has 0 bridgehead atoms. The molecule has 0 nitrogen and oxygen atoms in total. The summed E-state index contributed by atoms with van der Waals surface area (Å²) in [5.41, 5.74) is 0.942. The van der Waals surface area contributed by atoms with Gasteiger partial charge in [-0.2, -0.15) is 0 Å². The van der Waals surface area contributed by atoms with E-state index < -0.39 is 0 Å². The molecule has 3 rings (SSSR count). The van der Waals surface area contributed by atoms with Crippen molar-refractivity contribution in [3.63, 3.8) is 0 Å². The molecule has 0 heterocycles. The fourth-order valence-corrected chi connectivity index (χ4v) is 3.16. The van der Waals surface area contributed by atoms with E-state index in [1.54, 1.807) is 19.3 Å². The lowest BCUT2D eigenvalue weighted by Crippen LogP contribution is -2.01. The molecule has 3 unspecified atom stereocenters. The summed E-state index contributed by atoms with van der Waals surface area (Å²) in [5.74, 6) is 4.43. The van der Waals surface area contributed by atoms with Gasteiger partial charge in [0.15, 0.2) is 0 Å². The summed E-state index contributed by atoms with van der Waals surface area (Å²) in [7, 11) is 0. The van der Waals surface area contributed by atoms with E-state index in [1.807, 2.05) is 0 Å². The van der Waals surface area contributed by atoms with E-state index in [1.165, 1.54) is 18.8 Å². The third kappa shape index (κ3) is 1.11. The Morgan fingerprint density at radius 3 is 2.42 bits per heavy atom. The second-order valence-electron chi connectivity index (χ2n) is 5.99. The minimum absolute atomic E-state index is 0.942. The van der Waals surface area contributed by atoms with Gasteiger partial charge in [-0.05, 0) is 61.2 Å². The first kappa shape index (κ1) is 7.41. The van der Waals surface area contributed by atoms with Crippen LogP contribution in [-0.4, -0.2) is 0 Å². The van der Waals surface area contributed by atoms with Gasteiger partial charge in [-0.1, -0.05) is 13.8 Å². The van der Waals surface area contributed by atoms with Gasteiger partial charge in [-0.15, -0.1) is 0 Å². The Labute approximate surface area is 75.7 Å². The van der Waals surface area contributed by atoms with Gasteiger partial charge < -0.3 is 0 Å². The molecular formula is C12H20. The highest BCUT2D eigenvalue weighted by Gasteiger charge is 2.68. The van der Waals surface area contributed by atoms with Crippen LogP contribution < -0.4 is 0 Å². The van der Waals surface area contributed by atoms with Crippen LogP contribution in [-0.2, 0) is 0 Å². The van der Waals surface area contributed by atoms with E-state index >= 15 is 0 Å². The fraction of sp³-hybridized carbons (Fsp3) is 1.00. The summed E-state index contributed by atoms with van der Waals surface area (Å²) in [4.78, 5) is 0. The summed E-state index contributed by atoms with van der Waals surface area (Å²) in [6, 6.07) is 0. The molecule has 3 fully saturated rings. The third-order valence-electron chi connectivity index (χ3n) is 4.59. The van der Waals surface area contributed by atoms with Crippen LogP contribution in [0.2, 0.25) is 0 Å². The highest BCUT2D eigenvalue weighted by Crippen LogP contribution is 2.78. The molecular weight excluding hydrogens is 144 g/mol. The Bertz CT molecular complexity index is 200. The summed E-state index contributed by atoms with van der Waals surface area (Å²) >= 11 is 0. The molecule has 0 spiro atoms. The zero-order valence-electron chi connectivity index (χ0n) is 8.34. The van der Waals surface area contributed by atoms with Crippen LogP contribution in [0.1, 0.15) is 46.0 Å². The lowest BCUT2D eigenvalue weighted by molar-refractivity contribution is 0.390. The molecule has 0 aromatic carbocycles. The molecule has 12 heavy (non-hydrogen) atoms. The van der Waals surface area contributed by atoms with Crippen molar-refractivity contribution >= 4 is 0 Å². The summed E-state index contributed by atoms with van der Waals surface area (Å²) in [6.45, 7) is 4.89. The van der Waals surface area contributed by atoms with Gasteiger partial charge in [0.25, 0.3) is 0 Å². The van der Waals surface area contributed by atoms with Crippen LogP contribution >= 0.6 is 0 Å². The standard InChI is InChI=1S/C12H20/c1-8(3-10-4-9(10)2)5-12-6-11(12)7-12/h8-11H,3-7H2,1-2H3. The molecule has 68 valence electrons. The van der Waals surface area contributed by atoms with Gasteiger partial charge in [0, 0.05) is 0 Å². The predicted octanol–water partition coefficient (Wildman–Crippen LogP) is 3.47. The minimum Gasteiger partial charge on any atom is -0.0625 e. The second kappa shape index (κ2) is 2.08. The van der Waals surface area contributed by atoms with Crippen molar-refractivity contribution in [2.75, 3.05) is 0 Å². The average Bonchev–Trinajstić information content (AvgIpc) is 2.75. The molecule has 3 aliphatic rings.